The highest BCUT2D eigenvalue weighted by atomic mass is 32.1. The van der Waals surface area contributed by atoms with Crippen molar-refractivity contribution in [2.45, 2.75) is 25.4 Å². The second kappa shape index (κ2) is 9.38. The van der Waals surface area contributed by atoms with Gasteiger partial charge >= 0.3 is 0 Å². The predicted molar refractivity (Wildman–Crippen MR) is 127 cm³/mol. The molecule has 1 atom stereocenters. The van der Waals surface area contributed by atoms with E-state index in [9.17, 15) is 9.59 Å². The highest BCUT2D eigenvalue weighted by molar-refractivity contribution is 7.14. The summed E-state index contributed by atoms with van der Waals surface area (Å²) in [5, 5.41) is 5.39. The van der Waals surface area contributed by atoms with Crippen LogP contribution in [0.4, 0.5) is 5.13 Å². The molecule has 0 aliphatic carbocycles. The Morgan fingerprint density at radius 3 is 2.70 bits per heavy atom. The van der Waals surface area contributed by atoms with Gasteiger partial charge in [-0.1, -0.05) is 18.2 Å². The Morgan fingerprint density at radius 1 is 1.06 bits per heavy atom. The molecular weight excluding hydrogens is 434 g/mol. The lowest BCUT2D eigenvalue weighted by Crippen LogP contribution is -2.30. The van der Waals surface area contributed by atoms with Gasteiger partial charge in [0.05, 0.1) is 11.7 Å². The minimum atomic E-state index is -0.210. The third kappa shape index (κ3) is 4.56. The zero-order chi connectivity index (χ0) is 22.6. The average molecular weight is 458 g/mol. The van der Waals surface area contributed by atoms with Gasteiger partial charge in [0.1, 0.15) is 5.69 Å². The second-order valence-electron chi connectivity index (χ2n) is 7.93. The Kier molecular flexibility index (Phi) is 5.99. The van der Waals surface area contributed by atoms with Gasteiger partial charge in [0.25, 0.3) is 11.8 Å². The summed E-state index contributed by atoms with van der Waals surface area (Å²) >= 11 is 1.38. The van der Waals surface area contributed by atoms with Crippen LogP contribution in [0.1, 0.15) is 51.0 Å². The maximum Gasteiger partial charge on any atom is 0.274 e. The molecule has 0 unspecified atom stereocenters. The van der Waals surface area contributed by atoms with Crippen LogP contribution in [-0.2, 0) is 6.54 Å². The lowest BCUT2D eigenvalue weighted by Gasteiger charge is -2.23. The normalized spacial score (nSPS) is 15.5. The molecule has 1 aliphatic heterocycles. The highest BCUT2D eigenvalue weighted by Gasteiger charge is 2.32. The van der Waals surface area contributed by atoms with Gasteiger partial charge in [-0.3, -0.25) is 19.9 Å². The van der Waals surface area contributed by atoms with E-state index in [1.54, 1.807) is 18.5 Å². The van der Waals surface area contributed by atoms with E-state index in [1.165, 1.54) is 11.3 Å². The van der Waals surface area contributed by atoms with Gasteiger partial charge < -0.3 is 9.47 Å². The first kappa shape index (κ1) is 21.1. The van der Waals surface area contributed by atoms with Crippen LogP contribution in [0.5, 0.6) is 0 Å². The van der Waals surface area contributed by atoms with Gasteiger partial charge in [0.2, 0.25) is 0 Å². The third-order valence-electron chi connectivity index (χ3n) is 5.78. The summed E-state index contributed by atoms with van der Waals surface area (Å²) in [6, 6.07) is 16.8. The zero-order valence-electron chi connectivity index (χ0n) is 17.9. The second-order valence-corrected chi connectivity index (χ2v) is 8.79. The largest absolute Gasteiger partial charge is 0.339 e. The van der Waals surface area contributed by atoms with Crippen molar-refractivity contribution in [1.82, 2.24) is 19.4 Å². The van der Waals surface area contributed by atoms with Crippen LogP contribution < -0.4 is 5.32 Å². The molecule has 0 bridgehead atoms. The van der Waals surface area contributed by atoms with Crippen molar-refractivity contribution < 1.29 is 9.59 Å². The van der Waals surface area contributed by atoms with Crippen molar-refractivity contribution in [2.24, 2.45) is 0 Å². The first-order valence-corrected chi connectivity index (χ1v) is 11.7. The fourth-order valence-electron chi connectivity index (χ4n) is 4.16. The Morgan fingerprint density at radius 2 is 1.88 bits per heavy atom. The minimum absolute atomic E-state index is 0.0191. The first-order valence-electron chi connectivity index (χ1n) is 10.9. The minimum Gasteiger partial charge on any atom is -0.339 e. The Bertz CT molecular complexity index is 1250. The first-order chi connectivity index (χ1) is 16.2. The van der Waals surface area contributed by atoms with Gasteiger partial charge in [-0.05, 0) is 54.8 Å². The molecule has 0 spiro atoms. The maximum atomic E-state index is 13.0. The van der Waals surface area contributed by atoms with E-state index >= 15 is 0 Å². The zero-order valence-corrected chi connectivity index (χ0v) is 18.7. The highest BCUT2D eigenvalue weighted by Crippen LogP contribution is 2.34. The van der Waals surface area contributed by atoms with Crippen molar-refractivity contribution in [1.29, 1.82) is 0 Å². The Labute approximate surface area is 195 Å². The monoisotopic (exact) mass is 457 g/mol. The number of benzene rings is 1. The molecule has 1 aliphatic rings. The number of pyridine rings is 1. The van der Waals surface area contributed by atoms with E-state index < -0.39 is 0 Å². The van der Waals surface area contributed by atoms with Crippen LogP contribution in [-0.4, -0.2) is 37.8 Å². The number of carbonyl (C=O) groups is 2. The van der Waals surface area contributed by atoms with E-state index in [2.05, 4.69) is 15.3 Å². The lowest BCUT2D eigenvalue weighted by molar-refractivity contribution is 0.0733. The predicted octanol–water partition coefficient (Wildman–Crippen LogP) is 4.62. The summed E-state index contributed by atoms with van der Waals surface area (Å²) in [6.07, 6.45) is 7.17. The molecule has 5 rings (SSSR count). The summed E-state index contributed by atoms with van der Waals surface area (Å²) < 4.78 is 1.90. The van der Waals surface area contributed by atoms with Gasteiger partial charge in [0, 0.05) is 42.6 Å². The van der Waals surface area contributed by atoms with E-state index in [-0.39, 0.29) is 17.9 Å². The van der Waals surface area contributed by atoms with Gasteiger partial charge in [-0.2, -0.15) is 0 Å². The Hall–Kier alpha value is -3.78. The SMILES string of the molecule is O=C(Nc1nc([C@@H]2CCCN2C(=O)c2ccccc2)cs1)c1cccn1Cc1ccncc1. The molecule has 1 fully saturated rings. The van der Waals surface area contributed by atoms with Crippen molar-refractivity contribution >= 4 is 28.3 Å². The summed E-state index contributed by atoms with van der Waals surface area (Å²) in [5.41, 5.74) is 3.13. The number of nitrogens with zero attached hydrogens (tertiary/aromatic N) is 4. The van der Waals surface area contributed by atoms with Crippen molar-refractivity contribution in [3.63, 3.8) is 0 Å². The van der Waals surface area contributed by atoms with Crippen LogP contribution in [0.15, 0.2) is 78.6 Å². The number of amides is 2. The number of likely N-dealkylation sites (tertiary alicyclic amines) is 1. The van der Waals surface area contributed by atoms with Crippen molar-refractivity contribution in [3.8, 4) is 0 Å². The number of nitrogens with one attached hydrogen (secondary N) is 1. The number of thiazole rings is 1. The van der Waals surface area contributed by atoms with E-state index in [1.807, 2.05) is 69.6 Å². The molecule has 3 aromatic heterocycles. The van der Waals surface area contributed by atoms with Crippen molar-refractivity contribution in [2.75, 3.05) is 11.9 Å². The van der Waals surface area contributed by atoms with E-state index in [4.69, 9.17) is 0 Å². The molecule has 7 nitrogen and oxygen atoms in total. The number of hydrogen-bond acceptors (Lipinski definition) is 5. The van der Waals surface area contributed by atoms with E-state index in [0.717, 1.165) is 24.1 Å². The molecular formula is C25H23N5O2S. The topological polar surface area (TPSA) is 80.1 Å². The number of hydrogen-bond donors (Lipinski definition) is 1. The summed E-state index contributed by atoms with van der Waals surface area (Å²) in [7, 11) is 0. The quantitative estimate of drug-likeness (QED) is 0.458. The molecule has 0 saturated carbocycles. The van der Waals surface area contributed by atoms with Crippen LogP contribution in [0.2, 0.25) is 0 Å². The number of rotatable bonds is 6. The van der Waals surface area contributed by atoms with Crippen LogP contribution >= 0.6 is 11.3 Å². The van der Waals surface area contributed by atoms with Gasteiger partial charge in [-0.15, -0.1) is 11.3 Å². The standard InChI is InChI=1S/C25H23N5O2S/c31-23(22-9-4-14-29(22)16-18-10-12-26-13-11-18)28-25-27-20(17-33-25)21-8-5-15-30(21)24(32)19-6-2-1-3-7-19/h1-4,6-7,9-14,17,21H,5,8,15-16H2,(H,27,28,31)/t21-/m0/s1. The molecule has 166 valence electrons. The van der Waals surface area contributed by atoms with E-state index in [0.29, 0.717) is 29.5 Å². The molecule has 8 heteroatoms. The molecule has 4 heterocycles. The lowest BCUT2D eigenvalue weighted by atomic mass is 10.1. The third-order valence-corrected chi connectivity index (χ3v) is 6.56. The fourth-order valence-corrected chi connectivity index (χ4v) is 4.92. The van der Waals surface area contributed by atoms with Crippen LogP contribution in [0.25, 0.3) is 0 Å². The molecule has 4 aromatic rings. The van der Waals surface area contributed by atoms with Crippen LogP contribution in [0.3, 0.4) is 0 Å². The molecule has 2 amide bonds. The van der Waals surface area contributed by atoms with Crippen molar-refractivity contribution in [3.05, 3.63) is 101 Å². The summed E-state index contributed by atoms with van der Waals surface area (Å²) in [4.78, 5) is 36.5. The number of carbonyl (C=O) groups excluding carboxylic acids is 2. The smallest absolute Gasteiger partial charge is 0.274 e. The maximum absolute atomic E-state index is 13.0. The summed E-state index contributed by atoms with van der Waals surface area (Å²) in [5.74, 6) is -0.191. The van der Waals surface area contributed by atoms with Gasteiger partial charge in [0.15, 0.2) is 5.13 Å². The summed E-state index contributed by atoms with van der Waals surface area (Å²) in [6.45, 7) is 1.29. The molecule has 33 heavy (non-hydrogen) atoms. The fraction of sp³-hybridized carbons (Fsp3) is 0.200. The number of anilines is 1. The molecule has 1 aromatic carbocycles. The van der Waals surface area contributed by atoms with Gasteiger partial charge in [-0.25, -0.2) is 4.98 Å². The molecule has 0 radical (unpaired) electrons. The number of aromatic nitrogens is 3. The molecule has 1 N–H and O–H groups in total. The van der Waals surface area contributed by atoms with Crippen LogP contribution in [0, 0.1) is 0 Å². The molecule has 1 saturated heterocycles. The average Bonchev–Trinajstić information content (AvgIpc) is 3.60. The Balaban J connectivity index is 1.28.